The van der Waals surface area contributed by atoms with E-state index in [-0.39, 0.29) is 12.8 Å². The van der Waals surface area contributed by atoms with Crippen molar-refractivity contribution in [2.75, 3.05) is 41.1 Å². The van der Waals surface area contributed by atoms with Gasteiger partial charge in [-0.3, -0.25) is 0 Å². The van der Waals surface area contributed by atoms with E-state index in [9.17, 15) is 4.79 Å². The second-order valence-electron chi connectivity index (χ2n) is 5.93. The summed E-state index contributed by atoms with van der Waals surface area (Å²) in [6.07, 6.45) is 0. The quantitative estimate of drug-likeness (QED) is 0.762. The molecule has 1 aromatic heterocycles. The predicted octanol–water partition coefficient (Wildman–Crippen LogP) is 2.75. The van der Waals surface area contributed by atoms with E-state index in [0.29, 0.717) is 36.3 Å². The van der Waals surface area contributed by atoms with Crippen LogP contribution in [0.15, 0.2) is 18.2 Å². The first-order valence-corrected chi connectivity index (χ1v) is 8.21. The fourth-order valence-corrected chi connectivity index (χ4v) is 2.83. The summed E-state index contributed by atoms with van der Waals surface area (Å²) in [6.45, 7) is 1.45. The third-order valence-corrected chi connectivity index (χ3v) is 4.24. The van der Waals surface area contributed by atoms with Crippen LogP contribution in [0.2, 0.25) is 5.15 Å². The van der Waals surface area contributed by atoms with Crippen LogP contribution in [0.3, 0.4) is 0 Å². The molecule has 7 nitrogen and oxygen atoms in total. The lowest BCUT2D eigenvalue weighted by molar-refractivity contribution is 0.132. The largest absolute Gasteiger partial charge is 0.454 e. The molecule has 0 fully saturated rings. The number of rotatable bonds is 5. The van der Waals surface area contributed by atoms with Crippen LogP contribution >= 0.6 is 11.6 Å². The number of carbonyl (C=O) groups is 1. The van der Waals surface area contributed by atoms with Crippen LogP contribution in [0.1, 0.15) is 5.56 Å². The minimum absolute atomic E-state index is 0.112. The molecule has 0 spiro atoms. The van der Waals surface area contributed by atoms with Crippen molar-refractivity contribution < 1.29 is 19.0 Å². The Labute approximate surface area is 151 Å². The van der Waals surface area contributed by atoms with Gasteiger partial charge in [-0.05, 0) is 12.1 Å². The Kier molecular flexibility index (Phi) is 5.15. The average molecular weight is 366 g/mol. The van der Waals surface area contributed by atoms with E-state index in [1.54, 1.807) is 32.2 Å². The Morgan fingerprint density at radius 3 is 2.68 bits per heavy atom. The number of nitrogens with zero attached hydrogens (tertiary/aromatic N) is 3. The number of methoxy groups -OCH3 is 1. The second-order valence-corrected chi connectivity index (χ2v) is 6.29. The molecule has 2 aromatic rings. The zero-order valence-electron chi connectivity index (χ0n) is 14.4. The fraction of sp³-hybridized carbons (Fsp3) is 0.412. The van der Waals surface area contributed by atoms with Crippen LogP contribution in [-0.2, 0) is 11.3 Å². The molecule has 0 bridgehead atoms. The van der Waals surface area contributed by atoms with Gasteiger partial charge in [0.1, 0.15) is 5.15 Å². The van der Waals surface area contributed by atoms with E-state index < -0.39 is 0 Å². The zero-order chi connectivity index (χ0) is 18.0. The molecule has 8 heteroatoms. The van der Waals surface area contributed by atoms with E-state index >= 15 is 0 Å². The van der Waals surface area contributed by atoms with Crippen LogP contribution in [0, 0.1) is 0 Å². The number of pyridine rings is 1. The Hall–Kier alpha value is -2.25. The van der Waals surface area contributed by atoms with Crippen molar-refractivity contribution in [2.24, 2.45) is 0 Å². The standard InChI is InChI=1S/C17H20ClN3O4/c1-20(2)17(22)21(4-5-23-3)9-12-6-11-7-14-15(25-10-24-14)8-13(11)19-16(12)18/h6-8H,4-5,9-10H2,1-3H3. The summed E-state index contributed by atoms with van der Waals surface area (Å²) in [4.78, 5) is 20.0. The first-order chi connectivity index (χ1) is 12.0. The molecule has 1 aromatic carbocycles. The SMILES string of the molecule is COCCN(Cc1cc2cc3c(cc2nc1Cl)OCO3)C(=O)N(C)C. The Morgan fingerprint density at radius 2 is 2.00 bits per heavy atom. The van der Waals surface area contributed by atoms with Crippen molar-refractivity contribution in [2.45, 2.75) is 6.54 Å². The summed E-state index contributed by atoms with van der Waals surface area (Å²) in [5.74, 6) is 1.34. The lowest BCUT2D eigenvalue weighted by Gasteiger charge is -2.26. The van der Waals surface area contributed by atoms with Crippen molar-refractivity contribution in [3.63, 3.8) is 0 Å². The third-order valence-electron chi connectivity index (χ3n) is 3.91. The van der Waals surface area contributed by atoms with E-state index in [1.165, 1.54) is 4.90 Å². The summed E-state index contributed by atoms with van der Waals surface area (Å²) in [5.41, 5.74) is 1.49. The van der Waals surface area contributed by atoms with Gasteiger partial charge in [-0.1, -0.05) is 11.6 Å². The molecule has 0 radical (unpaired) electrons. The summed E-state index contributed by atoms with van der Waals surface area (Å²) in [7, 11) is 5.03. The zero-order valence-corrected chi connectivity index (χ0v) is 15.2. The second kappa shape index (κ2) is 7.33. The molecule has 0 atom stereocenters. The van der Waals surface area contributed by atoms with E-state index in [0.717, 1.165) is 16.5 Å². The van der Waals surface area contributed by atoms with Crippen LogP contribution in [0.4, 0.5) is 4.79 Å². The number of hydrogen-bond donors (Lipinski definition) is 0. The monoisotopic (exact) mass is 365 g/mol. The van der Waals surface area contributed by atoms with Crippen molar-refractivity contribution >= 4 is 28.5 Å². The smallest absolute Gasteiger partial charge is 0.319 e. The number of fused-ring (bicyclic) bond motifs is 2. The molecule has 1 aliphatic heterocycles. The van der Waals surface area contributed by atoms with E-state index in [4.69, 9.17) is 25.8 Å². The molecule has 0 saturated carbocycles. The highest BCUT2D eigenvalue weighted by molar-refractivity contribution is 6.30. The third kappa shape index (κ3) is 3.72. The molecule has 2 amide bonds. The Balaban J connectivity index is 1.92. The number of ether oxygens (including phenoxy) is 3. The Morgan fingerprint density at radius 1 is 1.28 bits per heavy atom. The maximum Gasteiger partial charge on any atom is 0.319 e. The minimum Gasteiger partial charge on any atom is -0.454 e. The van der Waals surface area contributed by atoms with Crippen molar-refractivity contribution in [3.8, 4) is 11.5 Å². The van der Waals surface area contributed by atoms with Crippen molar-refractivity contribution in [3.05, 3.63) is 28.9 Å². The molecule has 0 saturated heterocycles. The molecule has 3 rings (SSSR count). The first-order valence-electron chi connectivity index (χ1n) is 7.83. The molecule has 134 valence electrons. The van der Waals surface area contributed by atoms with Crippen LogP contribution < -0.4 is 9.47 Å². The molecule has 2 heterocycles. The molecule has 0 unspecified atom stereocenters. The molecule has 0 N–H and O–H groups in total. The Bertz CT molecular complexity index is 797. The number of hydrogen-bond acceptors (Lipinski definition) is 5. The van der Waals surface area contributed by atoms with Crippen molar-refractivity contribution in [1.82, 2.24) is 14.8 Å². The van der Waals surface area contributed by atoms with Gasteiger partial charge in [0.2, 0.25) is 6.79 Å². The lowest BCUT2D eigenvalue weighted by atomic mass is 10.1. The highest BCUT2D eigenvalue weighted by Gasteiger charge is 2.20. The molecular formula is C17H20ClN3O4. The predicted molar refractivity (Wildman–Crippen MR) is 94.2 cm³/mol. The van der Waals surface area contributed by atoms with E-state index in [2.05, 4.69) is 4.98 Å². The van der Waals surface area contributed by atoms with Gasteiger partial charge < -0.3 is 24.0 Å². The fourth-order valence-electron chi connectivity index (χ4n) is 2.63. The maximum atomic E-state index is 12.4. The highest BCUT2D eigenvalue weighted by atomic mass is 35.5. The summed E-state index contributed by atoms with van der Waals surface area (Å²) < 4.78 is 15.9. The normalized spacial score (nSPS) is 12.5. The van der Waals surface area contributed by atoms with E-state index in [1.807, 2.05) is 12.1 Å². The number of amides is 2. The summed E-state index contributed by atoms with van der Waals surface area (Å²) >= 11 is 6.35. The lowest BCUT2D eigenvalue weighted by Crippen LogP contribution is -2.40. The maximum absolute atomic E-state index is 12.4. The van der Waals surface area contributed by atoms with Crippen molar-refractivity contribution in [1.29, 1.82) is 0 Å². The number of aromatic nitrogens is 1. The summed E-state index contributed by atoms with van der Waals surface area (Å²) in [6, 6.07) is 5.49. The molecule has 1 aliphatic rings. The number of halogens is 1. The summed E-state index contributed by atoms with van der Waals surface area (Å²) in [5, 5.41) is 1.24. The highest BCUT2D eigenvalue weighted by Crippen LogP contribution is 2.36. The number of carbonyl (C=O) groups excluding carboxylic acids is 1. The topological polar surface area (TPSA) is 64.1 Å². The van der Waals surface area contributed by atoms with Gasteiger partial charge in [0.15, 0.2) is 11.5 Å². The first kappa shape index (κ1) is 17.6. The van der Waals surface area contributed by atoms with Gasteiger partial charge in [0.25, 0.3) is 0 Å². The van der Waals surface area contributed by atoms with Gasteiger partial charge >= 0.3 is 6.03 Å². The van der Waals surface area contributed by atoms with Crippen LogP contribution in [0.25, 0.3) is 10.9 Å². The molecular weight excluding hydrogens is 346 g/mol. The molecule has 0 aliphatic carbocycles. The van der Waals surface area contributed by atoms with Gasteiger partial charge in [0, 0.05) is 44.8 Å². The minimum atomic E-state index is -0.112. The van der Waals surface area contributed by atoms with Gasteiger partial charge in [0.05, 0.1) is 18.7 Å². The number of urea groups is 1. The van der Waals surface area contributed by atoms with Gasteiger partial charge in [-0.2, -0.15) is 0 Å². The van der Waals surface area contributed by atoms with Crippen LogP contribution in [0.5, 0.6) is 11.5 Å². The van der Waals surface area contributed by atoms with Crippen LogP contribution in [-0.4, -0.2) is 62.0 Å². The molecule has 25 heavy (non-hydrogen) atoms. The van der Waals surface area contributed by atoms with Gasteiger partial charge in [-0.15, -0.1) is 0 Å². The van der Waals surface area contributed by atoms with Gasteiger partial charge in [-0.25, -0.2) is 9.78 Å². The number of benzene rings is 1. The average Bonchev–Trinajstić information content (AvgIpc) is 3.03.